The van der Waals surface area contributed by atoms with Crippen molar-refractivity contribution in [1.82, 2.24) is 15.5 Å². The average molecular weight is 369 g/mol. The van der Waals surface area contributed by atoms with Gasteiger partial charge < -0.3 is 9.47 Å². The summed E-state index contributed by atoms with van der Waals surface area (Å²) in [5.74, 6) is -1.85. The zero-order valence-electron chi connectivity index (χ0n) is 14.4. The maximum absolute atomic E-state index is 12.7. The van der Waals surface area contributed by atoms with Gasteiger partial charge in [-0.3, -0.25) is 14.9 Å². The van der Waals surface area contributed by atoms with Gasteiger partial charge in [0, 0.05) is 18.3 Å². The number of urea groups is 1. The molecule has 1 atom stereocenters. The van der Waals surface area contributed by atoms with Crippen molar-refractivity contribution in [2.45, 2.75) is 0 Å². The molecule has 0 radical (unpaired) electrons. The molecule has 0 bridgehead atoms. The number of aliphatic imine (C=N–C) groups is 1. The Kier molecular flexibility index (Phi) is 5.06. The molecule has 1 saturated heterocycles. The molecule has 10 nitrogen and oxygen atoms in total. The fraction of sp³-hybridized carbons (Fsp3) is 0.176. The summed E-state index contributed by atoms with van der Waals surface area (Å²) >= 11 is 0. The van der Waals surface area contributed by atoms with Gasteiger partial charge >= 0.3 is 6.03 Å². The highest BCUT2D eigenvalue weighted by Crippen LogP contribution is 2.24. The summed E-state index contributed by atoms with van der Waals surface area (Å²) < 4.78 is 9.99. The van der Waals surface area contributed by atoms with Crippen LogP contribution >= 0.6 is 0 Å². The lowest BCUT2D eigenvalue weighted by Crippen LogP contribution is -2.58. The monoisotopic (exact) mass is 369 g/mol. The lowest BCUT2D eigenvalue weighted by Gasteiger charge is -2.28. The highest BCUT2D eigenvalue weighted by Gasteiger charge is 2.40. The maximum atomic E-state index is 12.7. The highest BCUT2D eigenvalue weighted by atomic mass is 16.5. The van der Waals surface area contributed by atoms with Crippen molar-refractivity contribution >= 4 is 35.6 Å². The van der Waals surface area contributed by atoms with E-state index in [9.17, 15) is 14.4 Å². The van der Waals surface area contributed by atoms with E-state index < -0.39 is 23.8 Å². The fourth-order valence-corrected chi connectivity index (χ4v) is 2.36. The van der Waals surface area contributed by atoms with Crippen molar-refractivity contribution in [2.75, 3.05) is 19.1 Å². The van der Waals surface area contributed by atoms with Crippen molar-refractivity contribution in [1.29, 1.82) is 0 Å². The van der Waals surface area contributed by atoms with Gasteiger partial charge in [0.1, 0.15) is 5.75 Å². The Labute approximate surface area is 153 Å². The molecule has 1 N–H and O–H groups in total. The molecule has 27 heavy (non-hydrogen) atoms. The predicted molar refractivity (Wildman–Crippen MR) is 94.2 cm³/mol. The summed E-state index contributed by atoms with van der Waals surface area (Å²) in [6, 6.07) is 8.57. The van der Waals surface area contributed by atoms with E-state index >= 15 is 0 Å². The largest absolute Gasteiger partial charge is 0.497 e. The molecular weight excluding hydrogens is 354 g/mol. The Morgan fingerprint density at radius 3 is 2.59 bits per heavy atom. The smallest absolute Gasteiger partial charge is 0.335 e. The number of nitrogens with zero attached hydrogens (tertiary/aromatic N) is 4. The van der Waals surface area contributed by atoms with Crippen LogP contribution in [0.15, 0.2) is 41.4 Å². The molecule has 10 heteroatoms. The van der Waals surface area contributed by atoms with E-state index in [1.807, 2.05) is 0 Å². The summed E-state index contributed by atoms with van der Waals surface area (Å²) in [7, 11) is 2.91. The fourth-order valence-electron chi connectivity index (χ4n) is 2.36. The van der Waals surface area contributed by atoms with E-state index in [2.05, 4.69) is 20.5 Å². The lowest BCUT2D eigenvalue weighted by atomic mass is 10.1. The first-order valence-electron chi connectivity index (χ1n) is 7.78. The number of carbonyl (C=O) groups is 3. The number of ether oxygens (including phenoxy) is 2. The maximum Gasteiger partial charge on any atom is 0.335 e. The Bertz CT molecular complexity index is 912. The minimum Gasteiger partial charge on any atom is -0.497 e. The zero-order valence-corrected chi connectivity index (χ0v) is 14.4. The first kappa shape index (κ1) is 18.0. The summed E-state index contributed by atoms with van der Waals surface area (Å²) in [6.07, 6.45) is 1.12. The summed E-state index contributed by atoms with van der Waals surface area (Å²) in [6.45, 7) is 0. The number of amides is 4. The third kappa shape index (κ3) is 3.73. The number of nitrogens with one attached hydrogen (secondary N) is 1. The molecule has 3 rings (SSSR count). The van der Waals surface area contributed by atoms with Crippen LogP contribution in [0.1, 0.15) is 0 Å². The first-order valence-corrected chi connectivity index (χ1v) is 7.78. The first-order chi connectivity index (χ1) is 13.0. The normalized spacial score (nSPS) is 17.2. The number of aromatic nitrogens is 2. The molecule has 1 aromatic carbocycles. The Hall–Kier alpha value is -3.82. The minimum atomic E-state index is -1.29. The van der Waals surface area contributed by atoms with Gasteiger partial charge in [0.05, 0.1) is 19.9 Å². The van der Waals surface area contributed by atoms with Gasteiger partial charge in [0.15, 0.2) is 11.7 Å². The van der Waals surface area contributed by atoms with Gasteiger partial charge in [-0.1, -0.05) is 6.07 Å². The molecule has 0 aliphatic carbocycles. The predicted octanol–water partition coefficient (Wildman–Crippen LogP) is 1.10. The third-order valence-corrected chi connectivity index (χ3v) is 3.70. The van der Waals surface area contributed by atoms with Crippen LogP contribution in [0, 0.1) is 5.92 Å². The molecule has 1 aliphatic rings. The van der Waals surface area contributed by atoms with Gasteiger partial charge in [0.2, 0.25) is 11.8 Å². The van der Waals surface area contributed by atoms with E-state index in [1.54, 1.807) is 18.2 Å². The number of hydrogen-bond donors (Lipinski definition) is 1. The van der Waals surface area contributed by atoms with Gasteiger partial charge in [-0.15, -0.1) is 10.2 Å². The standard InChI is InChI=1S/C17H15N5O5/c1-26-11-5-3-4-10(8-11)22-16(24)12(15(23)19-17(22)25)9-18-13-6-7-14(27-2)21-20-13/h3-9,12H,1-2H3,(H,19,23,25)/t12-/m0/s1. The molecule has 0 spiro atoms. The van der Waals surface area contributed by atoms with E-state index in [4.69, 9.17) is 9.47 Å². The van der Waals surface area contributed by atoms with E-state index in [0.717, 1.165) is 11.1 Å². The molecule has 1 fully saturated rings. The Balaban J connectivity index is 1.86. The number of barbiturate groups is 1. The van der Waals surface area contributed by atoms with Crippen molar-refractivity contribution in [2.24, 2.45) is 10.9 Å². The second-order valence-electron chi connectivity index (χ2n) is 5.36. The number of hydrogen-bond acceptors (Lipinski definition) is 8. The molecule has 0 unspecified atom stereocenters. The van der Waals surface area contributed by atoms with Crippen LogP contribution in [0.2, 0.25) is 0 Å². The molecule has 1 aromatic heterocycles. The van der Waals surface area contributed by atoms with E-state index in [1.165, 1.54) is 32.4 Å². The Morgan fingerprint density at radius 2 is 1.93 bits per heavy atom. The number of carbonyl (C=O) groups excluding carboxylic acids is 3. The summed E-state index contributed by atoms with van der Waals surface area (Å²) in [5.41, 5.74) is 0.270. The Morgan fingerprint density at radius 1 is 1.11 bits per heavy atom. The van der Waals surface area contributed by atoms with Crippen molar-refractivity contribution in [3.05, 3.63) is 36.4 Å². The minimum absolute atomic E-state index is 0.182. The number of methoxy groups -OCH3 is 2. The quantitative estimate of drug-likeness (QED) is 0.618. The zero-order chi connectivity index (χ0) is 19.4. The van der Waals surface area contributed by atoms with E-state index in [-0.39, 0.29) is 11.5 Å². The van der Waals surface area contributed by atoms with Gasteiger partial charge in [-0.25, -0.2) is 14.7 Å². The number of rotatable bonds is 5. The van der Waals surface area contributed by atoms with Crippen LogP contribution < -0.4 is 19.7 Å². The lowest BCUT2D eigenvalue weighted by molar-refractivity contribution is -0.131. The summed E-state index contributed by atoms with van der Waals surface area (Å²) in [4.78, 5) is 41.8. The second-order valence-corrected chi connectivity index (χ2v) is 5.36. The van der Waals surface area contributed by atoms with Gasteiger partial charge in [-0.2, -0.15) is 0 Å². The van der Waals surface area contributed by atoms with Gasteiger partial charge in [0.25, 0.3) is 5.91 Å². The van der Waals surface area contributed by atoms with Crippen LogP contribution in [-0.4, -0.2) is 48.5 Å². The van der Waals surface area contributed by atoms with E-state index in [0.29, 0.717) is 11.6 Å². The number of benzene rings is 1. The summed E-state index contributed by atoms with van der Waals surface area (Å²) in [5, 5.41) is 9.67. The van der Waals surface area contributed by atoms with Crippen LogP contribution in [-0.2, 0) is 9.59 Å². The second kappa shape index (κ2) is 7.60. The molecule has 2 aromatic rings. The molecule has 4 amide bonds. The van der Waals surface area contributed by atoms with Crippen LogP contribution in [0.4, 0.5) is 16.3 Å². The van der Waals surface area contributed by atoms with Crippen molar-refractivity contribution < 1.29 is 23.9 Å². The number of anilines is 1. The molecular formula is C17H15N5O5. The highest BCUT2D eigenvalue weighted by molar-refractivity contribution is 6.32. The van der Waals surface area contributed by atoms with Crippen LogP contribution in [0.25, 0.3) is 0 Å². The molecule has 138 valence electrons. The van der Waals surface area contributed by atoms with Crippen molar-refractivity contribution in [3.8, 4) is 11.6 Å². The van der Waals surface area contributed by atoms with Crippen LogP contribution in [0.3, 0.4) is 0 Å². The van der Waals surface area contributed by atoms with Crippen molar-refractivity contribution in [3.63, 3.8) is 0 Å². The topological polar surface area (TPSA) is 123 Å². The van der Waals surface area contributed by atoms with Gasteiger partial charge in [-0.05, 0) is 18.2 Å². The molecule has 0 saturated carbocycles. The van der Waals surface area contributed by atoms with Crippen LogP contribution in [0.5, 0.6) is 11.6 Å². The average Bonchev–Trinajstić information content (AvgIpc) is 2.68. The molecule has 1 aliphatic heterocycles. The SMILES string of the molecule is COc1cccc(N2C(=O)NC(=O)[C@H](C=Nc3ccc(OC)nn3)C2=O)c1. The number of imide groups is 2. The third-order valence-electron chi connectivity index (χ3n) is 3.70. The molecule has 2 heterocycles.